The van der Waals surface area contributed by atoms with Crippen molar-refractivity contribution < 1.29 is 4.74 Å². The van der Waals surface area contributed by atoms with Gasteiger partial charge in [-0.2, -0.15) is 5.10 Å². The monoisotopic (exact) mass is 288 g/mol. The summed E-state index contributed by atoms with van der Waals surface area (Å²) in [7, 11) is 0. The third-order valence-electron chi connectivity index (χ3n) is 3.49. The van der Waals surface area contributed by atoms with Crippen LogP contribution in [0.2, 0.25) is 0 Å². The van der Waals surface area contributed by atoms with Crippen molar-refractivity contribution in [2.75, 3.05) is 19.7 Å². The zero-order valence-corrected chi connectivity index (χ0v) is 12.4. The molecule has 2 aromatic rings. The first-order valence-electron chi connectivity index (χ1n) is 7.23. The minimum Gasteiger partial charge on any atom is -0.368 e. The third-order valence-corrected chi connectivity index (χ3v) is 3.49. The molecule has 0 spiro atoms. The van der Waals surface area contributed by atoms with Gasteiger partial charge in [-0.05, 0) is 0 Å². The van der Waals surface area contributed by atoms with Crippen molar-refractivity contribution in [1.29, 1.82) is 0 Å². The highest BCUT2D eigenvalue weighted by atomic mass is 16.5. The summed E-state index contributed by atoms with van der Waals surface area (Å²) < 4.78 is 5.81. The number of hydrogen-bond donors (Lipinski definition) is 1. The Morgan fingerprint density at radius 2 is 2.33 bits per heavy atom. The summed E-state index contributed by atoms with van der Waals surface area (Å²) >= 11 is 0. The summed E-state index contributed by atoms with van der Waals surface area (Å²) in [5.74, 6) is 1.96. The van der Waals surface area contributed by atoms with Crippen molar-refractivity contribution in [3.63, 3.8) is 0 Å². The molecule has 3 rings (SSSR count). The van der Waals surface area contributed by atoms with Crippen LogP contribution < -0.4 is 0 Å². The van der Waals surface area contributed by atoms with Gasteiger partial charge in [0.15, 0.2) is 11.6 Å². The van der Waals surface area contributed by atoms with Gasteiger partial charge in [0.25, 0.3) is 0 Å². The van der Waals surface area contributed by atoms with Crippen LogP contribution in [0.5, 0.6) is 0 Å². The topological polar surface area (TPSA) is 79.8 Å². The van der Waals surface area contributed by atoms with Crippen LogP contribution in [-0.2, 0) is 11.3 Å². The molecule has 112 valence electrons. The van der Waals surface area contributed by atoms with Crippen molar-refractivity contribution in [1.82, 2.24) is 30.0 Å². The molecule has 0 amide bonds. The number of nitrogens with zero attached hydrogens (tertiary/aromatic N) is 5. The van der Waals surface area contributed by atoms with Crippen molar-refractivity contribution in [2.45, 2.75) is 32.4 Å². The average molecular weight is 288 g/mol. The predicted octanol–water partition coefficient (Wildman–Crippen LogP) is 1.29. The predicted molar refractivity (Wildman–Crippen MR) is 76.5 cm³/mol. The Balaban J connectivity index is 1.65. The maximum absolute atomic E-state index is 5.81. The highest BCUT2D eigenvalue weighted by Crippen LogP contribution is 2.21. The minimum absolute atomic E-state index is 0.0598. The highest BCUT2D eigenvalue weighted by molar-refractivity contribution is 5.01. The Morgan fingerprint density at radius 1 is 1.43 bits per heavy atom. The van der Waals surface area contributed by atoms with Crippen LogP contribution in [0.4, 0.5) is 0 Å². The summed E-state index contributed by atoms with van der Waals surface area (Å²) in [5, 5.41) is 7.24. The van der Waals surface area contributed by atoms with Crippen molar-refractivity contribution in [3.8, 4) is 0 Å². The Bertz CT molecular complexity index is 570. The van der Waals surface area contributed by atoms with Crippen molar-refractivity contribution >= 4 is 0 Å². The van der Waals surface area contributed by atoms with E-state index in [0.29, 0.717) is 12.5 Å². The van der Waals surface area contributed by atoms with E-state index in [-0.39, 0.29) is 6.10 Å². The first kappa shape index (κ1) is 14.1. The lowest BCUT2D eigenvalue weighted by Crippen LogP contribution is -2.38. The molecule has 0 aliphatic carbocycles. The Kier molecular flexibility index (Phi) is 4.21. The number of hydrogen-bond acceptors (Lipinski definition) is 6. The molecule has 3 heterocycles. The van der Waals surface area contributed by atoms with Crippen LogP contribution in [0.15, 0.2) is 18.6 Å². The molecule has 0 saturated carbocycles. The highest BCUT2D eigenvalue weighted by Gasteiger charge is 2.25. The maximum atomic E-state index is 5.81. The Hall–Kier alpha value is -1.86. The fourth-order valence-electron chi connectivity index (χ4n) is 2.34. The fourth-order valence-corrected chi connectivity index (χ4v) is 2.34. The Morgan fingerprint density at radius 3 is 3.05 bits per heavy atom. The van der Waals surface area contributed by atoms with E-state index in [9.17, 15) is 0 Å². The van der Waals surface area contributed by atoms with Gasteiger partial charge in [-0.25, -0.2) is 4.98 Å². The normalized spacial score (nSPS) is 20.0. The van der Waals surface area contributed by atoms with E-state index < -0.39 is 0 Å². The molecule has 7 heteroatoms. The van der Waals surface area contributed by atoms with E-state index in [1.54, 1.807) is 18.6 Å². The van der Waals surface area contributed by atoms with Crippen LogP contribution >= 0.6 is 0 Å². The van der Waals surface area contributed by atoms with E-state index in [4.69, 9.17) is 4.74 Å². The molecule has 0 aromatic carbocycles. The van der Waals surface area contributed by atoms with Crippen LogP contribution in [0.25, 0.3) is 0 Å². The maximum Gasteiger partial charge on any atom is 0.155 e. The summed E-state index contributed by atoms with van der Waals surface area (Å²) in [6, 6.07) is 0. The molecule has 1 unspecified atom stereocenters. The molecule has 1 aliphatic heterocycles. The average Bonchev–Trinajstić information content (AvgIpc) is 2.99. The minimum atomic E-state index is -0.0598. The molecule has 0 radical (unpaired) electrons. The number of ether oxygens (including phenoxy) is 1. The summed E-state index contributed by atoms with van der Waals surface area (Å²) in [6.45, 7) is 7.28. The van der Waals surface area contributed by atoms with Crippen molar-refractivity contribution in [2.24, 2.45) is 0 Å². The van der Waals surface area contributed by atoms with Crippen LogP contribution in [0.3, 0.4) is 0 Å². The van der Waals surface area contributed by atoms with Gasteiger partial charge in [0.1, 0.15) is 6.10 Å². The molecule has 1 N–H and O–H groups in total. The largest absolute Gasteiger partial charge is 0.368 e. The second-order valence-corrected chi connectivity index (χ2v) is 5.52. The fraction of sp³-hybridized carbons (Fsp3) is 0.571. The second kappa shape index (κ2) is 6.28. The number of aromatic nitrogens is 5. The molecule has 7 nitrogen and oxygen atoms in total. The lowest BCUT2D eigenvalue weighted by atomic mass is 10.2. The summed E-state index contributed by atoms with van der Waals surface area (Å²) in [5.41, 5.74) is 0.971. The molecule has 1 aliphatic rings. The van der Waals surface area contributed by atoms with Gasteiger partial charge in [0.05, 0.1) is 12.3 Å². The quantitative estimate of drug-likeness (QED) is 0.913. The zero-order chi connectivity index (χ0) is 14.7. The lowest BCUT2D eigenvalue weighted by Gasteiger charge is -2.31. The molecule has 1 atom stereocenters. The SMILES string of the molecule is CC(C)c1n[nH]c(C2CN(Cc3cnccn3)CCO2)n1. The van der Waals surface area contributed by atoms with Gasteiger partial charge in [0, 0.05) is 44.1 Å². The van der Waals surface area contributed by atoms with E-state index in [1.807, 2.05) is 0 Å². The standard InChI is InChI=1S/C14H20N6O/c1-10(2)13-17-14(19-18-13)12-9-20(5-6-21-12)8-11-7-15-3-4-16-11/h3-4,7,10,12H,5-6,8-9H2,1-2H3,(H,17,18,19). The molecule has 2 aromatic heterocycles. The van der Waals surface area contributed by atoms with E-state index in [2.05, 4.69) is 43.9 Å². The molecule has 21 heavy (non-hydrogen) atoms. The number of morpholine rings is 1. The molecule has 1 fully saturated rings. The number of aromatic amines is 1. The van der Waals surface area contributed by atoms with Crippen LogP contribution in [0, 0.1) is 0 Å². The second-order valence-electron chi connectivity index (χ2n) is 5.52. The summed E-state index contributed by atoms with van der Waals surface area (Å²) in [4.78, 5) is 15.2. The van der Waals surface area contributed by atoms with E-state index in [0.717, 1.165) is 37.0 Å². The first-order valence-corrected chi connectivity index (χ1v) is 7.23. The number of rotatable bonds is 4. The molecule has 0 bridgehead atoms. The van der Waals surface area contributed by atoms with E-state index in [1.165, 1.54) is 0 Å². The van der Waals surface area contributed by atoms with Crippen molar-refractivity contribution in [3.05, 3.63) is 35.9 Å². The number of nitrogens with one attached hydrogen (secondary N) is 1. The first-order chi connectivity index (χ1) is 10.2. The van der Waals surface area contributed by atoms with Crippen LogP contribution in [0.1, 0.15) is 43.2 Å². The van der Waals surface area contributed by atoms with E-state index >= 15 is 0 Å². The van der Waals surface area contributed by atoms with Gasteiger partial charge >= 0.3 is 0 Å². The van der Waals surface area contributed by atoms with Gasteiger partial charge in [-0.1, -0.05) is 13.8 Å². The third kappa shape index (κ3) is 3.43. The van der Waals surface area contributed by atoms with Crippen LogP contribution in [-0.4, -0.2) is 49.7 Å². The van der Waals surface area contributed by atoms with Gasteiger partial charge < -0.3 is 4.74 Å². The molecule has 1 saturated heterocycles. The molecular weight excluding hydrogens is 268 g/mol. The van der Waals surface area contributed by atoms with Gasteiger partial charge in [-0.15, -0.1) is 0 Å². The Labute approximate surface area is 123 Å². The zero-order valence-electron chi connectivity index (χ0n) is 12.4. The summed E-state index contributed by atoms with van der Waals surface area (Å²) in [6.07, 6.45) is 5.15. The van der Waals surface area contributed by atoms with Gasteiger partial charge in [-0.3, -0.25) is 20.0 Å². The smallest absolute Gasteiger partial charge is 0.155 e. The lowest BCUT2D eigenvalue weighted by molar-refractivity contribution is -0.0374. The number of H-pyrrole nitrogens is 1. The molecular formula is C14H20N6O. The van der Waals surface area contributed by atoms with Gasteiger partial charge in [0.2, 0.25) is 0 Å².